The van der Waals surface area contributed by atoms with Gasteiger partial charge >= 0.3 is 0 Å². The number of aryl methyl sites for hydroxylation is 3. The fourth-order valence-corrected chi connectivity index (χ4v) is 5.38. The second-order valence-corrected chi connectivity index (χ2v) is 10.6. The first-order chi connectivity index (χ1) is 16.6. The Kier molecular flexibility index (Phi) is 5.68. The summed E-state index contributed by atoms with van der Waals surface area (Å²) in [5.74, 6) is 1.63. The van der Waals surface area contributed by atoms with E-state index in [-0.39, 0.29) is 5.91 Å². The van der Waals surface area contributed by atoms with Gasteiger partial charge in [0.15, 0.2) is 5.13 Å². The fourth-order valence-electron chi connectivity index (χ4n) is 4.66. The van der Waals surface area contributed by atoms with Gasteiger partial charge in [-0.05, 0) is 57.9 Å². The van der Waals surface area contributed by atoms with Crippen molar-refractivity contribution >= 4 is 33.9 Å². The Labute approximate surface area is 210 Å². The average Bonchev–Trinajstić information content (AvgIpc) is 3.35. The van der Waals surface area contributed by atoms with Gasteiger partial charge in [-0.25, -0.2) is 15.0 Å². The zero-order valence-corrected chi connectivity index (χ0v) is 21.7. The summed E-state index contributed by atoms with van der Waals surface area (Å²) in [4.78, 5) is 28.6. The lowest BCUT2D eigenvalue weighted by molar-refractivity contribution is -0.121. The second-order valence-electron chi connectivity index (χ2n) is 9.73. The van der Waals surface area contributed by atoms with E-state index in [1.54, 1.807) is 16.2 Å². The monoisotopic (exact) mass is 483 g/mol. The molecule has 1 N–H and O–H groups in total. The van der Waals surface area contributed by atoms with Crippen LogP contribution in [0.5, 0.6) is 0 Å². The molecule has 2 aromatic heterocycles. The van der Waals surface area contributed by atoms with Gasteiger partial charge in [0.1, 0.15) is 11.6 Å². The number of aromatic nitrogens is 3. The summed E-state index contributed by atoms with van der Waals surface area (Å²) in [6, 6.07) is 14.7. The minimum absolute atomic E-state index is 0.112. The first-order valence-electron chi connectivity index (χ1n) is 11.7. The largest absolute Gasteiger partial charge is 0.316 e. The molecule has 0 aliphatic carbocycles. The summed E-state index contributed by atoms with van der Waals surface area (Å²) in [5, 5.41) is 6.27. The van der Waals surface area contributed by atoms with Crippen LogP contribution in [0.3, 0.4) is 0 Å². The molecule has 0 radical (unpaired) electrons. The van der Waals surface area contributed by atoms with E-state index in [1.165, 1.54) is 11.1 Å². The second kappa shape index (κ2) is 8.57. The maximum absolute atomic E-state index is 12.7. The van der Waals surface area contributed by atoms with Crippen molar-refractivity contribution in [3.63, 3.8) is 0 Å². The molecule has 0 unspecified atom stereocenters. The number of rotatable bonds is 5. The zero-order chi connectivity index (χ0) is 24.9. The molecule has 0 saturated carbocycles. The van der Waals surface area contributed by atoms with E-state index >= 15 is 0 Å². The summed E-state index contributed by atoms with van der Waals surface area (Å²) >= 11 is 1.54. The summed E-state index contributed by atoms with van der Waals surface area (Å²) in [6.45, 7) is 9.98. The van der Waals surface area contributed by atoms with Gasteiger partial charge in [0, 0.05) is 41.4 Å². The number of thiazole rings is 1. The third-order valence-electron chi connectivity index (χ3n) is 6.72. The molecule has 2 aromatic carbocycles. The molecule has 1 aliphatic rings. The minimum Gasteiger partial charge on any atom is -0.316 e. The summed E-state index contributed by atoms with van der Waals surface area (Å²) in [7, 11) is 1.83. The Morgan fingerprint density at radius 3 is 2.49 bits per heavy atom. The van der Waals surface area contributed by atoms with Crippen LogP contribution in [0, 0.1) is 20.8 Å². The van der Waals surface area contributed by atoms with Gasteiger partial charge in [-0.3, -0.25) is 4.79 Å². The molecule has 6 nitrogen and oxygen atoms in total. The first kappa shape index (κ1) is 23.2. The van der Waals surface area contributed by atoms with Crippen molar-refractivity contribution in [3.05, 3.63) is 81.6 Å². The van der Waals surface area contributed by atoms with Gasteiger partial charge < -0.3 is 10.2 Å². The van der Waals surface area contributed by atoms with Crippen molar-refractivity contribution < 1.29 is 4.79 Å². The predicted molar refractivity (Wildman–Crippen MR) is 143 cm³/mol. The SMILES string of the molecule is Cc1ccc(Cc2c(C)nc(C)nc2Nc2nc(-c3ccc4c(c3)C(C)(C)C(=O)N4C)cs2)cc1. The van der Waals surface area contributed by atoms with E-state index < -0.39 is 5.41 Å². The lowest BCUT2D eigenvalue weighted by Crippen LogP contribution is -2.33. The zero-order valence-electron chi connectivity index (χ0n) is 20.9. The number of hydrogen-bond acceptors (Lipinski definition) is 6. The summed E-state index contributed by atoms with van der Waals surface area (Å²) in [6.07, 6.45) is 0.744. The van der Waals surface area contributed by atoms with E-state index in [0.717, 1.165) is 57.0 Å². The van der Waals surface area contributed by atoms with Crippen molar-refractivity contribution in [2.75, 3.05) is 17.3 Å². The number of carbonyl (C=O) groups excluding carboxylic acids is 1. The Bertz CT molecular complexity index is 1440. The normalized spacial score (nSPS) is 14.3. The third kappa shape index (κ3) is 4.21. The van der Waals surface area contributed by atoms with Gasteiger partial charge in [-0.2, -0.15) is 0 Å². The molecule has 0 bridgehead atoms. The maximum atomic E-state index is 12.7. The molecule has 178 valence electrons. The Balaban J connectivity index is 1.45. The van der Waals surface area contributed by atoms with E-state index in [4.69, 9.17) is 9.97 Å². The molecule has 4 aromatic rings. The highest BCUT2D eigenvalue weighted by Gasteiger charge is 2.42. The molecule has 5 rings (SSSR count). The Hall–Kier alpha value is -3.58. The highest BCUT2D eigenvalue weighted by atomic mass is 32.1. The number of likely N-dealkylation sites (N-methyl/N-ethyl adjacent to an activating group) is 1. The van der Waals surface area contributed by atoms with Gasteiger partial charge in [0.25, 0.3) is 0 Å². The van der Waals surface area contributed by atoms with Crippen LogP contribution in [-0.4, -0.2) is 27.9 Å². The molecular formula is C28H29N5OS. The molecule has 1 amide bonds. The van der Waals surface area contributed by atoms with E-state index in [9.17, 15) is 4.79 Å². The standard InChI is InChI=1S/C28H29N5OS/c1-16-7-9-19(10-8-16)13-21-17(2)29-18(3)30-25(21)32-27-31-23(15-35-27)20-11-12-24-22(14-20)28(4,5)26(34)33(24)6/h7-12,14-15H,13H2,1-6H3,(H,29,30,31,32). The number of nitrogens with one attached hydrogen (secondary N) is 1. The number of carbonyl (C=O) groups is 1. The molecule has 3 heterocycles. The van der Waals surface area contributed by atoms with Crippen molar-refractivity contribution in [2.24, 2.45) is 0 Å². The third-order valence-corrected chi connectivity index (χ3v) is 7.48. The van der Waals surface area contributed by atoms with Crippen LogP contribution in [0.2, 0.25) is 0 Å². The highest BCUT2D eigenvalue weighted by molar-refractivity contribution is 7.14. The van der Waals surface area contributed by atoms with Crippen LogP contribution < -0.4 is 10.2 Å². The van der Waals surface area contributed by atoms with Crippen molar-refractivity contribution in [1.82, 2.24) is 15.0 Å². The van der Waals surface area contributed by atoms with Gasteiger partial charge in [-0.15, -0.1) is 11.3 Å². The molecule has 0 spiro atoms. The molecular weight excluding hydrogens is 454 g/mol. The first-order valence-corrected chi connectivity index (χ1v) is 12.6. The summed E-state index contributed by atoms with van der Waals surface area (Å²) < 4.78 is 0. The smallest absolute Gasteiger partial charge is 0.236 e. The summed E-state index contributed by atoms with van der Waals surface area (Å²) in [5.41, 5.74) is 7.82. The number of anilines is 3. The van der Waals surface area contributed by atoms with Crippen LogP contribution in [0.4, 0.5) is 16.6 Å². The molecule has 1 aliphatic heterocycles. The molecule has 0 fully saturated rings. The van der Waals surface area contributed by atoms with E-state index in [2.05, 4.69) is 47.6 Å². The number of amides is 1. The number of nitrogens with zero attached hydrogens (tertiary/aromatic N) is 4. The van der Waals surface area contributed by atoms with E-state index in [0.29, 0.717) is 0 Å². The molecule has 7 heteroatoms. The van der Waals surface area contributed by atoms with Crippen molar-refractivity contribution in [1.29, 1.82) is 0 Å². The lowest BCUT2D eigenvalue weighted by atomic mass is 9.85. The predicted octanol–water partition coefficient (Wildman–Crippen LogP) is 6.11. The van der Waals surface area contributed by atoms with Gasteiger partial charge in [0.05, 0.1) is 11.1 Å². The molecule has 0 saturated heterocycles. The van der Waals surface area contributed by atoms with Crippen LogP contribution in [-0.2, 0) is 16.6 Å². The van der Waals surface area contributed by atoms with Crippen LogP contribution >= 0.6 is 11.3 Å². The highest BCUT2D eigenvalue weighted by Crippen LogP contribution is 2.42. The Morgan fingerprint density at radius 2 is 1.74 bits per heavy atom. The fraction of sp³-hybridized carbons (Fsp3) is 0.286. The van der Waals surface area contributed by atoms with Gasteiger partial charge in [-0.1, -0.05) is 35.9 Å². The van der Waals surface area contributed by atoms with Crippen molar-refractivity contribution in [3.8, 4) is 11.3 Å². The quantitative estimate of drug-likeness (QED) is 0.371. The number of hydrogen-bond donors (Lipinski definition) is 1. The van der Waals surface area contributed by atoms with Crippen LogP contribution in [0.15, 0.2) is 47.8 Å². The van der Waals surface area contributed by atoms with Crippen LogP contribution in [0.25, 0.3) is 11.3 Å². The molecule has 35 heavy (non-hydrogen) atoms. The topological polar surface area (TPSA) is 71.0 Å². The van der Waals surface area contributed by atoms with Crippen molar-refractivity contribution in [2.45, 2.75) is 46.5 Å². The van der Waals surface area contributed by atoms with E-state index in [1.807, 2.05) is 52.3 Å². The maximum Gasteiger partial charge on any atom is 0.236 e. The number of fused-ring (bicyclic) bond motifs is 1. The Morgan fingerprint density at radius 1 is 1.00 bits per heavy atom. The lowest BCUT2D eigenvalue weighted by Gasteiger charge is -2.16. The number of benzene rings is 2. The minimum atomic E-state index is -0.544. The van der Waals surface area contributed by atoms with Crippen LogP contribution in [0.1, 0.15) is 47.6 Å². The van der Waals surface area contributed by atoms with Gasteiger partial charge in [0.2, 0.25) is 5.91 Å². The average molecular weight is 484 g/mol. The molecule has 0 atom stereocenters.